The fourth-order valence-corrected chi connectivity index (χ4v) is 2.38. The van der Waals surface area contributed by atoms with E-state index in [0.29, 0.717) is 22.1 Å². The summed E-state index contributed by atoms with van der Waals surface area (Å²) < 4.78 is 18.6. The molecule has 21 heavy (non-hydrogen) atoms. The first-order chi connectivity index (χ1) is 10.0. The largest absolute Gasteiger partial charge is 0.496 e. The molecule has 1 atom stereocenters. The van der Waals surface area contributed by atoms with Gasteiger partial charge < -0.3 is 15.8 Å². The van der Waals surface area contributed by atoms with Gasteiger partial charge in [0.05, 0.1) is 12.8 Å². The minimum atomic E-state index is -0.374. The van der Waals surface area contributed by atoms with E-state index < -0.39 is 0 Å². The molecule has 2 rings (SSSR count). The molecule has 0 bridgehead atoms. The SMILES string of the molecule is COc1ccc(F)cc1-c1csc(NC(=O)C(C)CN)n1. The molecule has 0 radical (unpaired) electrons. The fourth-order valence-electron chi connectivity index (χ4n) is 1.67. The Morgan fingerprint density at radius 2 is 2.33 bits per heavy atom. The Labute approximate surface area is 126 Å². The zero-order valence-electron chi connectivity index (χ0n) is 11.7. The van der Waals surface area contributed by atoms with Gasteiger partial charge in [-0.15, -0.1) is 11.3 Å². The van der Waals surface area contributed by atoms with Gasteiger partial charge in [-0.2, -0.15) is 0 Å². The van der Waals surface area contributed by atoms with Crippen molar-refractivity contribution in [3.05, 3.63) is 29.4 Å². The lowest BCUT2D eigenvalue weighted by atomic mass is 10.1. The van der Waals surface area contributed by atoms with Gasteiger partial charge in [0.15, 0.2) is 5.13 Å². The van der Waals surface area contributed by atoms with E-state index in [0.717, 1.165) is 0 Å². The number of hydrogen-bond acceptors (Lipinski definition) is 5. The molecule has 2 aromatic rings. The molecule has 0 spiro atoms. The normalized spacial score (nSPS) is 12.0. The maximum Gasteiger partial charge on any atom is 0.230 e. The van der Waals surface area contributed by atoms with Crippen LogP contribution in [0, 0.1) is 11.7 Å². The molecule has 0 aliphatic carbocycles. The van der Waals surface area contributed by atoms with Crippen molar-refractivity contribution in [2.24, 2.45) is 11.7 Å². The van der Waals surface area contributed by atoms with Crippen LogP contribution in [0.25, 0.3) is 11.3 Å². The number of thiazole rings is 1. The van der Waals surface area contributed by atoms with E-state index in [4.69, 9.17) is 10.5 Å². The Kier molecular flexibility index (Phi) is 4.87. The van der Waals surface area contributed by atoms with Gasteiger partial charge in [-0.3, -0.25) is 4.79 Å². The van der Waals surface area contributed by atoms with Crippen LogP contribution in [-0.2, 0) is 4.79 Å². The van der Waals surface area contributed by atoms with Gasteiger partial charge in [-0.05, 0) is 18.2 Å². The van der Waals surface area contributed by atoms with Crippen LogP contribution < -0.4 is 15.8 Å². The van der Waals surface area contributed by atoms with Crippen LogP contribution in [0.15, 0.2) is 23.6 Å². The van der Waals surface area contributed by atoms with Crippen molar-refractivity contribution in [3.63, 3.8) is 0 Å². The van der Waals surface area contributed by atoms with Crippen LogP contribution in [-0.4, -0.2) is 24.5 Å². The highest BCUT2D eigenvalue weighted by molar-refractivity contribution is 7.14. The van der Waals surface area contributed by atoms with Gasteiger partial charge in [0, 0.05) is 23.4 Å². The first-order valence-corrected chi connectivity index (χ1v) is 7.23. The number of nitrogens with one attached hydrogen (secondary N) is 1. The molecule has 7 heteroatoms. The lowest BCUT2D eigenvalue weighted by Gasteiger charge is -2.07. The molecule has 1 heterocycles. The number of carbonyl (C=O) groups is 1. The second-order valence-electron chi connectivity index (χ2n) is 4.51. The van der Waals surface area contributed by atoms with E-state index in [1.165, 1.54) is 30.6 Å². The Bertz CT molecular complexity index is 645. The van der Waals surface area contributed by atoms with Gasteiger partial charge in [0.2, 0.25) is 5.91 Å². The summed E-state index contributed by atoms with van der Waals surface area (Å²) in [6.07, 6.45) is 0. The van der Waals surface area contributed by atoms with Crippen LogP contribution in [0.4, 0.5) is 9.52 Å². The van der Waals surface area contributed by atoms with Crippen molar-refractivity contribution in [2.75, 3.05) is 19.0 Å². The Balaban J connectivity index is 2.24. The van der Waals surface area contributed by atoms with Crippen LogP contribution in [0.3, 0.4) is 0 Å². The van der Waals surface area contributed by atoms with E-state index in [-0.39, 0.29) is 24.2 Å². The summed E-state index contributed by atoms with van der Waals surface area (Å²) in [5.74, 6) is -0.332. The van der Waals surface area contributed by atoms with Gasteiger partial charge in [0.1, 0.15) is 11.6 Å². The molecule has 0 saturated carbocycles. The third-order valence-electron chi connectivity index (χ3n) is 2.97. The monoisotopic (exact) mass is 309 g/mol. The van der Waals surface area contributed by atoms with Crippen molar-refractivity contribution >= 4 is 22.4 Å². The maximum atomic E-state index is 13.4. The van der Waals surface area contributed by atoms with Gasteiger partial charge in [-0.25, -0.2) is 9.37 Å². The summed E-state index contributed by atoms with van der Waals surface area (Å²) in [7, 11) is 1.51. The number of ether oxygens (including phenoxy) is 1. The molecule has 1 amide bonds. The second-order valence-corrected chi connectivity index (χ2v) is 5.37. The molecule has 3 N–H and O–H groups in total. The zero-order chi connectivity index (χ0) is 15.4. The van der Waals surface area contributed by atoms with Crippen LogP contribution in [0.5, 0.6) is 5.75 Å². The molecule has 0 aliphatic heterocycles. The van der Waals surface area contributed by atoms with Crippen LogP contribution in [0.1, 0.15) is 6.92 Å². The molecule has 1 aromatic heterocycles. The van der Waals surface area contributed by atoms with E-state index in [9.17, 15) is 9.18 Å². The molecular weight excluding hydrogens is 293 g/mol. The third-order valence-corrected chi connectivity index (χ3v) is 3.73. The minimum absolute atomic E-state index is 0.190. The predicted molar refractivity (Wildman–Crippen MR) is 80.9 cm³/mol. The van der Waals surface area contributed by atoms with Crippen molar-refractivity contribution in [2.45, 2.75) is 6.92 Å². The smallest absolute Gasteiger partial charge is 0.230 e. The van der Waals surface area contributed by atoms with Crippen molar-refractivity contribution < 1.29 is 13.9 Å². The molecule has 1 aromatic carbocycles. The highest BCUT2D eigenvalue weighted by Gasteiger charge is 2.15. The molecule has 5 nitrogen and oxygen atoms in total. The minimum Gasteiger partial charge on any atom is -0.496 e. The topological polar surface area (TPSA) is 77.2 Å². The number of carbonyl (C=O) groups excluding carboxylic acids is 1. The van der Waals surface area contributed by atoms with Gasteiger partial charge >= 0.3 is 0 Å². The van der Waals surface area contributed by atoms with E-state index >= 15 is 0 Å². The highest BCUT2D eigenvalue weighted by Crippen LogP contribution is 2.32. The third kappa shape index (κ3) is 3.56. The Morgan fingerprint density at radius 3 is 3.00 bits per heavy atom. The maximum absolute atomic E-state index is 13.4. The number of halogens is 1. The molecule has 0 fully saturated rings. The van der Waals surface area contributed by atoms with E-state index in [1.807, 2.05) is 0 Å². The standard InChI is InChI=1S/C14H16FN3O2S/c1-8(6-16)13(19)18-14-17-11(7-21-14)10-5-9(15)3-4-12(10)20-2/h3-5,7-8H,6,16H2,1-2H3,(H,17,18,19). The molecule has 0 aliphatic rings. The van der Waals surface area contributed by atoms with Crippen LogP contribution in [0.2, 0.25) is 0 Å². The summed E-state index contributed by atoms with van der Waals surface area (Å²) >= 11 is 1.26. The number of rotatable bonds is 5. The first kappa shape index (κ1) is 15.4. The summed E-state index contributed by atoms with van der Waals surface area (Å²) in [5.41, 5.74) is 6.53. The molecular formula is C14H16FN3O2S. The number of nitrogens with zero attached hydrogens (tertiary/aromatic N) is 1. The quantitative estimate of drug-likeness (QED) is 0.889. The van der Waals surface area contributed by atoms with Gasteiger partial charge in [-0.1, -0.05) is 6.92 Å². The summed E-state index contributed by atoms with van der Waals surface area (Å²) in [6.45, 7) is 2.00. The Morgan fingerprint density at radius 1 is 1.57 bits per heavy atom. The molecule has 1 unspecified atom stereocenters. The number of methoxy groups -OCH3 is 1. The number of amides is 1. The zero-order valence-corrected chi connectivity index (χ0v) is 12.5. The average Bonchev–Trinajstić information content (AvgIpc) is 2.94. The molecule has 0 saturated heterocycles. The van der Waals surface area contributed by atoms with Crippen molar-refractivity contribution in [1.82, 2.24) is 4.98 Å². The van der Waals surface area contributed by atoms with Gasteiger partial charge in [0.25, 0.3) is 0 Å². The lowest BCUT2D eigenvalue weighted by molar-refractivity contribution is -0.119. The van der Waals surface area contributed by atoms with E-state index in [2.05, 4.69) is 10.3 Å². The number of aromatic nitrogens is 1. The second kappa shape index (κ2) is 6.64. The number of anilines is 1. The van der Waals surface area contributed by atoms with E-state index in [1.54, 1.807) is 18.4 Å². The van der Waals surface area contributed by atoms with Crippen LogP contribution >= 0.6 is 11.3 Å². The number of nitrogens with two attached hydrogens (primary N) is 1. The highest BCUT2D eigenvalue weighted by atomic mass is 32.1. The number of hydrogen-bond donors (Lipinski definition) is 2. The number of benzene rings is 1. The first-order valence-electron chi connectivity index (χ1n) is 6.35. The molecule has 112 valence electrons. The summed E-state index contributed by atoms with van der Waals surface area (Å²) in [6, 6.07) is 4.21. The fraction of sp³-hybridized carbons (Fsp3) is 0.286. The van der Waals surface area contributed by atoms with Crippen molar-refractivity contribution in [1.29, 1.82) is 0 Å². The Hall–Kier alpha value is -1.99. The van der Waals surface area contributed by atoms with Crippen molar-refractivity contribution in [3.8, 4) is 17.0 Å². The summed E-state index contributed by atoms with van der Waals surface area (Å²) in [4.78, 5) is 16.0. The lowest BCUT2D eigenvalue weighted by Crippen LogP contribution is -2.26. The summed E-state index contributed by atoms with van der Waals surface area (Å²) in [5, 5.41) is 4.87. The average molecular weight is 309 g/mol. The predicted octanol–water partition coefficient (Wildman–Crippen LogP) is 2.49.